The number of hydrogen-bond donors (Lipinski definition) is 4. The van der Waals surface area contributed by atoms with Crippen molar-refractivity contribution < 1.29 is 112 Å². The Morgan fingerprint density at radius 2 is 0.558 bits per heavy atom. The van der Waals surface area contributed by atoms with Crippen molar-refractivity contribution in [3.05, 3.63) is 300 Å². The first-order valence-electron chi connectivity index (χ1n) is 50.3. The van der Waals surface area contributed by atoms with Crippen LogP contribution in [0.2, 0.25) is 0 Å². The second-order valence-electron chi connectivity index (χ2n) is 35.2. The van der Waals surface area contributed by atoms with Crippen molar-refractivity contribution >= 4 is 105 Å². The third kappa shape index (κ3) is 33.0. The Bertz CT molecular complexity index is 5930. The van der Waals surface area contributed by atoms with Gasteiger partial charge in [0, 0.05) is 105 Å². The minimum absolute atomic E-state index is 0. The molecule has 38 heteroatoms. The monoisotopic (exact) mass is 2200 g/mol. The highest BCUT2D eigenvalue weighted by Crippen LogP contribution is 2.32. The molecule has 0 saturated carbocycles. The van der Waals surface area contributed by atoms with Gasteiger partial charge in [-0.25, -0.2) is 41.2 Å². The van der Waals surface area contributed by atoms with Gasteiger partial charge >= 0.3 is 17.8 Å². The van der Waals surface area contributed by atoms with E-state index in [2.05, 4.69) is 124 Å². The Kier molecular flexibility index (Phi) is 49.2. The Hall–Kier alpha value is -13.5. The number of carbonyl (C=O) groups excluding carboxylic acids is 8. The lowest BCUT2D eigenvalue weighted by molar-refractivity contribution is -0.684. The number of fused-ring (bicyclic) bond motifs is 4. The van der Waals surface area contributed by atoms with Gasteiger partial charge < -0.3 is 83.7 Å². The number of hydrogen-bond acceptors (Lipinski definition) is 23. The number of halogens is 5. The molecule has 11 aromatic rings. The van der Waals surface area contributed by atoms with E-state index in [0.29, 0.717) is 158 Å². The molecule has 5 aliphatic rings. The van der Waals surface area contributed by atoms with Gasteiger partial charge in [0.25, 0.3) is 47.3 Å². The van der Waals surface area contributed by atoms with Crippen molar-refractivity contribution in [2.75, 3.05) is 88.3 Å². The van der Waals surface area contributed by atoms with Crippen LogP contribution in [0, 0.1) is 11.6 Å². The van der Waals surface area contributed by atoms with Gasteiger partial charge in [-0.2, -0.15) is 0 Å². The van der Waals surface area contributed by atoms with Crippen molar-refractivity contribution in [2.45, 2.75) is 189 Å². The molecule has 8 amide bonds. The number of carbonyl (C=O) groups is 8. The molecule has 0 fully saturated rings. The summed E-state index contributed by atoms with van der Waals surface area (Å²) in [5, 5.41) is 35.0. The number of amides is 8. The van der Waals surface area contributed by atoms with E-state index in [1.54, 1.807) is 115 Å². The van der Waals surface area contributed by atoms with Crippen molar-refractivity contribution in [1.29, 1.82) is 0 Å². The van der Waals surface area contributed by atoms with Crippen molar-refractivity contribution in [3.8, 4) is 0 Å². The predicted molar refractivity (Wildman–Crippen MR) is 551 cm³/mol. The normalized spacial score (nSPS) is 13.2. The fourth-order valence-electron chi connectivity index (χ4n) is 16.9. The highest BCUT2D eigenvalue weighted by atomic mass is 79.9. The van der Waals surface area contributed by atoms with E-state index in [0.717, 1.165) is 69.4 Å². The van der Waals surface area contributed by atoms with E-state index in [1.165, 1.54) is 144 Å². The molecule has 0 spiro atoms. The van der Waals surface area contributed by atoms with Crippen LogP contribution in [0.3, 0.4) is 0 Å². The minimum atomic E-state index is -0.381. The first kappa shape index (κ1) is 117. The summed E-state index contributed by atoms with van der Waals surface area (Å²) in [6.07, 6.45) is 34.4. The summed E-state index contributed by atoms with van der Waals surface area (Å²) in [6, 6.07) is 55.6. The molecule has 0 saturated heterocycles. The van der Waals surface area contributed by atoms with E-state index >= 15 is 0 Å². The summed E-state index contributed by atoms with van der Waals surface area (Å²) in [4.78, 5) is 117. The molecule has 147 heavy (non-hydrogen) atoms. The molecule has 8 aromatic carbocycles. The summed E-state index contributed by atoms with van der Waals surface area (Å²) >= 11 is 0. The van der Waals surface area contributed by atoms with Crippen LogP contribution in [0.4, 0.5) is 60.8 Å². The van der Waals surface area contributed by atoms with Gasteiger partial charge in [0.2, 0.25) is 0 Å². The zero-order valence-electron chi connectivity index (χ0n) is 84.1. The van der Waals surface area contributed by atoms with E-state index in [1.807, 2.05) is 73.7 Å². The van der Waals surface area contributed by atoms with Crippen LogP contribution in [0.25, 0.3) is 0 Å². The number of rotatable bonds is 48. The molecule has 0 aliphatic carbocycles. The number of aliphatic imine (C=N–C) groups is 1. The summed E-state index contributed by atoms with van der Waals surface area (Å²) < 4.78 is 37.7. The maximum absolute atomic E-state index is 13.4. The Morgan fingerprint density at radius 3 is 0.816 bits per heavy atom. The minimum Gasteiger partial charge on any atom is -1.00 e. The number of amidine groups is 1. The van der Waals surface area contributed by atoms with Crippen LogP contribution >= 0.6 is 0 Å². The topological polar surface area (TPSA) is 398 Å². The van der Waals surface area contributed by atoms with Crippen LogP contribution in [0.1, 0.15) is 233 Å². The maximum Gasteiger partial charge on any atom is 0.421 e. The van der Waals surface area contributed by atoms with Crippen LogP contribution in [-0.4, -0.2) is 165 Å². The second-order valence-corrected chi connectivity index (χ2v) is 35.2. The van der Waals surface area contributed by atoms with Crippen molar-refractivity contribution in [3.63, 3.8) is 0 Å². The standard InChI is InChI=1S/C41H48N7O4.C31H26FN6O4.C25H44N7.C10H8FN3.C2H8N2.3BrH/c1-3-5-11-23-44(24-12-6-4-2)32-21-19-31(20-22-32)42-43-41-45(25-13-27-47-37(49)33-15-7-8-16-34(33)38(47)50)29-30-46(41)26-14-28-48-39(51)35-17-9-10-18-36(35)40(48)52;32-21-11-13-22(14-12-21)33-34-31-35(15-5-17-37-27(39)23-7-1-2-8-24(23)28(37)40)19-20-36(31)16-6-18-38-29(41)25-9-3-4-10-26(25)30(38)42;1-3-5-7-17-30(18-8-6-4-2)24-13-11-23(12-14-24)28-29-25-31(19-9-15-26)21-22-32(25)20-10-16-27;11-8-3-5-9(6-4-8)13-14-10-2-1-7-12-10;3-1-2-4;;;/h7-10,15-22,29-30H,3-6,11-14,23-28H2,1-2H3;1-4,7-14,19-20H,5-6,15-18H2;11-14,21-22H,3-10,15-20,26-27H2,1-2H3;1,3-7H,2H2;1-4H2;3*1H/q3*+1;;;;;/p-3. The number of aryl methyl sites for hydroxylation is 6. The van der Waals surface area contributed by atoms with Gasteiger partial charge in [0.1, 0.15) is 28.7 Å². The number of imidazole rings is 3. The van der Waals surface area contributed by atoms with Gasteiger partial charge in [0.05, 0.1) is 127 Å². The van der Waals surface area contributed by atoms with Crippen LogP contribution in [0.15, 0.2) is 289 Å². The van der Waals surface area contributed by atoms with Crippen LogP contribution in [0.5, 0.6) is 0 Å². The quantitative estimate of drug-likeness (QED) is 0.0119. The second kappa shape index (κ2) is 61.8. The number of nitrogens with zero attached hydrogens (tertiary/aromatic N) is 21. The fraction of sp³-hybridized carbons (Fsp3) is 0.376. The van der Waals surface area contributed by atoms with E-state index < -0.39 is 0 Å². The van der Waals surface area contributed by atoms with Crippen molar-refractivity contribution in [2.24, 2.45) is 68.8 Å². The van der Waals surface area contributed by atoms with E-state index in [4.69, 9.17) is 28.0 Å². The number of nitrogens with two attached hydrogens (primary N) is 4. The summed E-state index contributed by atoms with van der Waals surface area (Å²) in [5.41, 5.74) is 29.8. The molecule has 5 aliphatic heterocycles. The molecule has 8 N–H and O–H groups in total. The van der Waals surface area contributed by atoms with Crippen LogP contribution < -0.4 is 97.4 Å². The smallest absolute Gasteiger partial charge is 0.421 e. The zero-order chi connectivity index (χ0) is 102. The largest absolute Gasteiger partial charge is 1.00 e. The third-order valence-corrected chi connectivity index (χ3v) is 24.7. The predicted octanol–water partition coefficient (Wildman–Crippen LogP) is 10.7. The third-order valence-electron chi connectivity index (χ3n) is 24.7. The zero-order valence-corrected chi connectivity index (χ0v) is 88.9. The lowest BCUT2D eigenvalue weighted by Gasteiger charge is -2.25. The summed E-state index contributed by atoms with van der Waals surface area (Å²) in [6.45, 7) is 20.4. The maximum atomic E-state index is 13.4. The van der Waals surface area contributed by atoms with Gasteiger partial charge in [0.15, 0.2) is 5.84 Å². The van der Waals surface area contributed by atoms with Crippen molar-refractivity contribution in [1.82, 2.24) is 33.3 Å². The number of anilines is 2. The SMILES string of the molecule is CCCCCN(CCCCC)c1ccc(N=Nc2n(CCCN)cc[n+]2CCCN)cc1.CCCCCN(CCCCC)c1ccc(N=Nc2n(CCCN3C(=O)c4ccccc4C3=O)cc[n+]2CCCN2C(=O)c3ccccc3C2=O)cc1.Fc1ccc(N=NC2=NC=CC2)cc1.NCCN.O=C1c2ccccc2C(=O)N1CCCn1cc[n+](CCCN2C(=O)c3ccccc3C2=O)c1N=Nc1ccc(F)cc1.[Br-].[Br-].[Br-]. The molecule has 8 heterocycles. The molecule has 0 radical (unpaired) electrons. The number of azo groups is 4. The molecular weight excluding hydrogens is 2070 g/mol. The Labute approximate surface area is 890 Å². The Morgan fingerprint density at radius 1 is 0.299 bits per heavy atom. The van der Waals surface area contributed by atoms with E-state index in [-0.39, 0.29) is 136 Å². The number of aromatic nitrogens is 6. The lowest BCUT2D eigenvalue weighted by Crippen LogP contribution is -3.00. The number of imide groups is 4. The molecule has 33 nitrogen and oxygen atoms in total. The van der Waals surface area contributed by atoms with Gasteiger partial charge in [-0.3, -0.25) is 58.0 Å². The molecule has 16 rings (SSSR count). The van der Waals surface area contributed by atoms with Gasteiger partial charge in [-0.15, -0.1) is 10.2 Å². The number of unbranched alkanes of at least 4 members (excludes halogenated alkanes) is 8. The average molecular weight is 2200 g/mol. The van der Waals surface area contributed by atoms with Gasteiger partial charge in [-0.05, 0) is 223 Å². The fourth-order valence-corrected chi connectivity index (χ4v) is 16.9. The molecular formula is C109H134Br3F2N25O8. The number of benzene rings is 8. The highest BCUT2D eigenvalue weighted by molar-refractivity contribution is 6.23. The first-order chi connectivity index (χ1) is 70.3. The average Bonchev–Trinajstić information content (AvgIpc) is 1.65. The van der Waals surface area contributed by atoms with Crippen LogP contribution in [-0.2, 0) is 39.3 Å². The molecule has 0 unspecified atom stereocenters. The summed E-state index contributed by atoms with van der Waals surface area (Å²) in [5.74, 6) is -0.344. The molecule has 3 aromatic heterocycles. The highest BCUT2D eigenvalue weighted by Gasteiger charge is 2.39. The molecule has 778 valence electrons. The Balaban J connectivity index is 0.000000228. The van der Waals surface area contributed by atoms with Gasteiger partial charge in [-0.1, -0.05) is 149 Å². The lowest BCUT2D eigenvalue weighted by atomic mass is 10.1. The molecule has 0 bridgehead atoms. The van der Waals surface area contributed by atoms with E-state index in [9.17, 15) is 47.1 Å². The molecule has 0 atom stereocenters. The summed E-state index contributed by atoms with van der Waals surface area (Å²) in [7, 11) is 0. The first-order valence-corrected chi connectivity index (χ1v) is 50.3.